The van der Waals surface area contributed by atoms with Crippen molar-refractivity contribution in [1.82, 2.24) is 19.5 Å². The summed E-state index contributed by atoms with van der Waals surface area (Å²) in [4.78, 5) is 24.9. The Morgan fingerprint density at radius 1 is 1.05 bits per heavy atom. The Morgan fingerprint density at radius 3 is 2.60 bits per heavy atom. The van der Waals surface area contributed by atoms with E-state index in [9.17, 15) is 9.18 Å². The summed E-state index contributed by atoms with van der Waals surface area (Å²) in [6.07, 6.45) is 2.06. The predicted molar refractivity (Wildman–Crippen MR) is 151 cm³/mol. The summed E-state index contributed by atoms with van der Waals surface area (Å²) >= 11 is 5.69. The van der Waals surface area contributed by atoms with Crippen molar-refractivity contribution in [3.63, 3.8) is 0 Å². The van der Waals surface area contributed by atoms with E-state index >= 15 is 8.78 Å². The van der Waals surface area contributed by atoms with E-state index < -0.39 is 23.4 Å². The van der Waals surface area contributed by atoms with Crippen LogP contribution in [0.1, 0.15) is 33.7 Å². The second-order valence-electron chi connectivity index (χ2n) is 9.96. The molecule has 0 spiro atoms. The molecule has 3 aromatic heterocycles. The van der Waals surface area contributed by atoms with E-state index in [2.05, 4.69) is 15.0 Å². The van der Waals surface area contributed by atoms with Crippen LogP contribution in [0.4, 0.5) is 13.2 Å². The first-order valence-corrected chi connectivity index (χ1v) is 13.7. The number of esters is 1. The molecule has 4 heterocycles. The second kappa shape index (κ2) is 12.0. The molecule has 6 rings (SSSR count). The van der Waals surface area contributed by atoms with E-state index in [0.717, 1.165) is 24.6 Å². The highest BCUT2D eigenvalue weighted by molar-refractivity contribution is 6.29. The van der Waals surface area contributed by atoms with Gasteiger partial charge in [-0.05, 0) is 48.4 Å². The van der Waals surface area contributed by atoms with Gasteiger partial charge in [0.25, 0.3) is 0 Å². The maximum Gasteiger partial charge on any atom is 0.337 e. The summed E-state index contributed by atoms with van der Waals surface area (Å²) in [7, 11) is 1.30. The van der Waals surface area contributed by atoms with Crippen LogP contribution in [0.5, 0.6) is 5.88 Å². The van der Waals surface area contributed by atoms with Crippen LogP contribution in [0, 0.1) is 17.5 Å². The molecule has 0 amide bonds. The van der Waals surface area contributed by atoms with E-state index in [-0.39, 0.29) is 52.5 Å². The van der Waals surface area contributed by atoms with Gasteiger partial charge in [0.15, 0.2) is 0 Å². The Kier molecular flexibility index (Phi) is 8.00. The summed E-state index contributed by atoms with van der Waals surface area (Å²) in [5, 5.41) is 0.0136. The number of imidazole rings is 1. The number of fused-ring (bicyclic) bond motifs is 1. The number of hydrogen-bond donors (Lipinski definition) is 0. The van der Waals surface area contributed by atoms with Crippen LogP contribution in [-0.2, 0) is 29.0 Å². The normalized spacial score (nSPS) is 14.5. The number of carbonyl (C=O) groups excluding carboxylic acids is 1. The van der Waals surface area contributed by atoms with Gasteiger partial charge in [-0.15, -0.1) is 0 Å². The first kappa shape index (κ1) is 28.6. The summed E-state index contributed by atoms with van der Waals surface area (Å²) in [5.74, 6) is -1.82. The summed E-state index contributed by atoms with van der Waals surface area (Å²) in [6, 6.07) is 12.9. The van der Waals surface area contributed by atoms with Gasteiger partial charge in [-0.2, -0.15) is 0 Å². The molecule has 0 N–H and O–H groups in total. The van der Waals surface area contributed by atoms with Crippen LogP contribution in [0.25, 0.3) is 22.3 Å². The van der Waals surface area contributed by atoms with Gasteiger partial charge < -0.3 is 18.8 Å². The zero-order valence-corrected chi connectivity index (χ0v) is 23.6. The van der Waals surface area contributed by atoms with Crippen molar-refractivity contribution in [2.45, 2.75) is 32.1 Å². The number of hydrogen-bond acceptors (Lipinski definition) is 7. The molecule has 1 unspecified atom stereocenters. The van der Waals surface area contributed by atoms with E-state index in [4.69, 9.17) is 25.8 Å². The van der Waals surface area contributed by atoms with Crippen LogP contribution in [0.15, 0.2) is 60.8 Å². The fraction of sp³-hybridized carbons (Fsp3) is 0.226. The molecule has 0 saturated carbocycles. The van der Waals surface area contributed by atoms with Crippen LogP contribution in [-0.4, -0.2) is 45.3 Å². The molecule has 12 heteroatoms. The van der Waals surface area contributed by atoms with E-state index in [1.807, 2.05) is 4.57 Å². The number of rotatable bonds is 9. The average Bonchev–Trinajstić information content (AvgIpc) is 3.31. The Labute approximate surface area is 249 Å². The molecule has 0 aliphatic carbocycles. The van der Waals surface area contributed by atoms with Crippen molar-refractivity contribution in [1.29, 1.82) is 0 Å². The van der Waals surface area contributed by atoms with Gasteiger partial charge >= 0.3 is 5.97 Å². The maximum absolute atomic E-state index is 15.5. The van der Waals surface area contributed by atoms with Gasteiger partial charge in [0.1, 0.15) is 35.0 Å². The largest absolute Gasteiger partial charge is 0.473 e. The number of halogens is 4. The molecule has 5 aromatic rings. The van der Waals surface area contributed by atoms with Gasteiger partial charge in [-0.3, -0.25) is 0 Å². The highest BCUT2D eigenvalue weighted by atomic mass is 35.5. The van der Waals surface area contributed by atoms with Gasteiger partial charge in [0, 0.05) is 42.5 Å². The molecular weight excluding hydrogens is 585 g/mol. The van der Waals surface area contributed by atoms with E-state index in [1.165, 1.54) is 25.4 Å². The lowest BCUT2D eigenvalue weighted by Gasteiger charge is -2.27. The zero-order chi connectivity index (χ0) is 30.1. The third-order valence-corrected chi connectivity index (χ3v) is 7.39. The molecule has 43 heavy (non-hydrogen) atoms. The third kappa shape index (κ3) is 6.04. The second-order valence-corrected chi connectivity index (χ2v) is 10.4. The molecule has 0 radical (unpaired) electrons. The lowest BCUT2D eigenvalue weighted by atomic mass is 10.0. The molecule has 220 valence electrons. The Bertz CT molecular complexity index is 1840. The molecular formula is C31H24ClF3N4O4. The Morgan fingerprint density at radius 2 is 1.86 bits per heavy atom. The van der Waals surface area contributed by atoms with Gasteiger partial charge in [0.2, 0.25) is 5.88 Å². The average molecular weight is 609 g/mol. The summed E-state index contributed by atoms with van der Waals surface area (Å²) in [5.41, 5.74) is 1.96. The fourth-order valence-corrected chi connectivity index (χ4v) is 4.96. The maximum atomic E-state index is 15.5. The van der Waals surface area contributed by atoms with Crippen molar-refractivity contribution in [2.24, 2.45) is 0 Å². The number of ether oxygens (including phenoxy) is 3. The first-order valence-electron chi connectivity index (χ1n) is 13.4. The number of methoxy groups -OCH3 is 1. The number of benzene rings is 2. The van der Waals surface area contributed by atoms with E-state index in [1.54, 1.807) is 24.3 Å². The van der Waals surface area contributed by atoms with Crippen LogP contribution in [0.3, 0.4) is 0 Å². The highest BCUT2D eigenvalue weighted by Gasteiger charge is 2.24. The fourth-order valence-electron chi connectivity index (χ4n) is 4.82. The van der Waals surface area contributed by atoms with Crippen molar-refractivity contribution >= 4 is 28.6 Å². The molecule has 1 aliphatic rings. The number of aromatic nitrogens is 4. The minimum absolute atomic E-state index is 0.00470. The molecule has 2 aromatic carbocycles. The summed E-state index contributed by atoms with van der Waals surface area (Å²) in [6.45, 7) is 0.915. The minimum atomic E-state index is -0.688. The smallest absolute Gasteiger partial charge is 0.337 e. The van der Waals surface area contributed by atoms with Crippen molar-refractivity contribution in [3.8, 4) is 17.1 Å². The Balaban J connectivity index is 1.27. The summed E-state index contributed by atoms with van der Waals surface area (Å²) < 4.78 is 62.9. The lowest BCUT2D eigenvalue weighted by Crippen LogP contribution is -2.31. The van der Waals surface area contributed by atoms with Crippen molar-refractivity contribution in [3.05, 3.63) is 106 Å². The van der Waals surface area contributed by atoms with Crippen LogP contribution < -0.4 is 4.74 Å². The molecule has 0 bridgehead atoms. The number of pyridine rings is 2. The van der Waals surface area contributed by atoms with Crippen molar-refractivity contribution < 1.29 is 32.2 Å². The Hall–Kier alpha value is -4.48. The van der Waals surface area contributed by atoms with Crippen LogP contribution >= 0.6 is 11.6 Å². The first-order chi connectivity index (χ1) is 20.8. The zero-order valence-electron chi connectivity index (χ0n) is 22.8. The minimum Gasteiger partial charge on any atom is -0.473 e. The van der Waals surface area contributed by atoms with Crippen LogP contribution in [0.2, 0.25) is 5.15 Å². The molecule has 1 saturated heterocycles. The topological polar surface area (TPSA) is 88.4 Å². The number of carbonyl (C=O) groups is 1. The third-order valence-electron chi connectivity index (χ3n) is 7.18. The SMILES string of the molecule is COC(=O)c1ccc2nc(Cc3cc(F)c(-c4cccc(OCc5cnc(Cl)cc5F)n4)cc3F)n(CC3CCO3)c2c1. The van der Waals surface area contributed by atoms with Crippen molar-refractivity contribution in [2.75, 3.05) is 13.7 Å². The number of nitrogens with zero attached hydrogens (tertiary/aromatic N) is 4. The highest BCUT2D eigenvalue weighted by Crippen LogP contribution is 2.29. The lowest BCUT2D eigenvalue weighted by molar-refractivity contribution is -0.0589. The van der Waals surface area contributed by atoms with Gasteiger partial charge in [-0.25, -0.2) is 32.9 Å². The standard InChI is InChI=1S/C31H24ClF3N4O4/c1-41-31(40)17-5-6-26-27(10-17)39(15-20-7-8-42-20)29(37-26)11-18-9-24(35)21(12-22(18)33)25-3-2-4-30(38-25)43-16-19-14-36-28(32)13-23(19)34/h2-6,9-10,12-14,20H,7-8,11,15-16H2,1H3. The van der Waals surface area contributed by atoms with Gasteiger partial charge in [-0.1, -0.05) is 17.7 Å². The molecule has 1 aliphatic heterocycles. The van der Waals surface area contributed by atoms with Gasteiger partial charge in [0.05, 0.1) is 42.0 Å². The quantitative estimate of drug-likeness (QED) is 0.143. The monoisotopic (exact) mass is 608 g/mol. The molecule has 8 nitrogen and oxygen atoms in total. The predicted octanol–water partition coefficient (Wildman–Crippen LogP) is 6.31. The molecule has 1 fully saturated rings. The van der Waals surface area contributed by atoms with E-state index in [0.29, 0.717) is 35.6 Å². The molecule has 1 atom stereocenters.